The second-order valence-electron chi connectivity index (χ2n) is 4.46. The van der Waals surface area contributed by atoms with Crippen LogP contribution in [0.25, 0.3) is 0 Å². The van der Waals surface area contributed by atoms with Crippen LogP contribution in [0.3, 0.4) is 0 Å². The van der Waals surface area contributed by atoms with Crippen molar-refractivity contribution in [1.29, 1.82) is 0 Å². The summed E-state index contributed by atoms with van der Waals surface area (Å²) in [5, 5.41) is 1.85. The molecule has 0 bridgehead atoms. The van der Waals surface area contributed by atoms with Crippen LogP contribution in [0.15, 0.2) is 11.4 Å². The van der Waals surface area contributed by atoms with Gasteiger partial charge in [-0.15, -0.1) is 11.3 Å². The second-order valence-corrected chi connectivity index (χ2v) is 5.46. The fraction of sp³-hybridized carbons (Fsp3) is 0.214. The van der Waals surface area contributed by atoms with E-state index in [1.165, 1.54) is 11.3 Å². The number of hydrogen-bond acceptors (Lipinski definition) is 3. The van der Waals surface area contributed by atoms with Crippen LogP contribution in [0.2, 0.25) is 0 Å². The molecule has 0 radical (unpaired) electrons. The van der Waals surface area contributed by atoms with Crippen molar-refractivity contribution >= 4 is 17.3 Å². The average Bonchev–Trinajstić information content (AvgIpc) is 2.91. The van der Waals surface area contributed by atoms with E-state index < -0.39 is 40.8 Å². The van der Waals surface area contributed by atoms with Gasteiger partial charge in [0.05, 0.1) is 6.42 Å². The Morgan fingerprint density at radius 1 is 1.05 bits per heavy atom. The lowest BCUT2D eigenvalue weighted by Crippen LogP contribution is -2.13. The molecule has 0 fully saturated rings. The van der Waals surface area contributed by atoms with E-state index in [9.17, 15) is 26.7 Å². The number of aryl methyl sites for hydroxylation is 2. The van der Waals surface area contributed by atoms with E-state index in [2.05, 4.69) is 4.74 Å². The van der Waals surface area contributed by atoms with Gasteiger partial charge in [0.25, 0.3) is 0 Å². The van der Waals surface area contributed by atoms with E-state index in [0.29, 0.717) is 0 Å². The molecule has 1 heterocycles. The SMILES string of the molecule is Cc1csc(CCC(=O)Oc2c(F)c(F)c(F)c(F)c2F)c1. The minimum Gasteiger partial charge on any atom is -0.420 e. The quantitative estimate of drug-likeness (QED) is 0.274. The first kappa shape index (κ1) is 16.4. The molecule has 1 aromatic heterocycles. The van der Waals surface area contributed by atoms with Crippen molar-refractivity contribution in [3.05, 3.63) is 51.0 Å². The monoisotopic (exact) mass is 336 g/mol. The molecule has 2 aromatic rings. The number of carbonyl (C=O) groups is 1. The van der Waals surface area contributed by atoms with Gasteiger partial charge in [-0.1, -0.05) is 0 Å². The smallest absolute Gasteiger partial charge is 0.311 e. The Kier molecular flexibility index (Phi) is 4.80. The highest BCUT2D eigenvalue weighted by Gasteiger charge is 2.28. The molecule has 118 valence electrons. The van der Waals surface area contributed by atoms with Crippen molar-refractivity contribution in [2.45, 2.75) is 19.8 Å². The molecule has 2 rings (SSSR count). The second kappa shape index (κ2) is 6.43. The molecule has 0 aliphatic rings. The standard InChI is InChI=1S/C14H9F5O2S/c1-6-4-7(22-5-6)2-3-8(20)21-14-12(18)10(16)9(15)11(17)13(14)19/h4-5H,2-3H2,1H3. The molecule has 0 unspecified atom stereocenters. The molecule has 8 heteroatoms. The molecule has 0 amide bonds. The number of benzene rings is 1. The van der Waals surface area contributed by atoms with E-state index in [1.807, 2.05) is 18.4 Å². The Labute approximate surface area is 126 Å². The van der Waals surface area contributed by atoms with Gasteiger partial charge in [-0.3, -0.25) is 4.79 Å². The maximum atomic E-state index is 13.3. The lowest BCUT2D eigenvalue weighted by atomic mass is 10.2. The van der Waals surface area contributed by atoms with Crippen molar-refractivity contribution < 1.29 is 31.5 Å². The molecular formula is C14H9F5O2S. The lowest BCUT2D eigenvalue weighted by Gasteiger charge is -2.08. The van der Waals surface area contributed by atoms with E-state index in [0.717, 1.165) is 10.4 Å². The highest BCUT2D eigenvalue weighted by Crippen LogP contribution is 2.29. The summed E-state index contributed by atoms with van der Waals surface area (Å²) in [7, 11) is 0. The molecule has 0 saturated carbocycles. The van der Waals surface area contributed by atoms with Gasteiger partial charge in [-0.2, -0.15) is 8.78 Å². The van der Waals surface area contributed by atoms with E-state index in [1.54, 1.807) is 0 Å². The van der Waals surface area contributed by atoms with Gasteiger partial charge in [0.1, 0.15) is 0 Å². The zero-order chi connectivity index (χ0) is 16.4. The first-order valence-electron chi connectivity index (χ1n) is 6.07. The van der Waals surface area contributed by atoms with Crippen LogP contribution in [0.4, 0.5) is 22.0 Å². The van der Waals surface area contributed by atoms with Crippen LogP contribution in [0.1, 0.15) is 16.9 Å². The van der Waals surface area contributed by atoms with Crippen LogP contribution < -0.4 is 4.74 Å². The van der Waals surface area contributed by atoms with Crippen molar-refractivity contribution in [1.82, 2.24) is 0 Å². The highest BCUT2D eigenvalue weighted by molar-refractivity contribution is 7.10. The predicted octanol–water partition coefficient (Wildman–Crippen LogP) is 4.29. The molecule has 2 nitrogen and oxygen atoms in total. The Hall–Kier alpha value is -1.96. The summed E-state index contributed by atoms with van der Waals surface area (Å²) in [5.74, 6) is -13.6. The molecule has 0 aliphatic carbocycles. The van der Waals surface area contributed by atoms with Crippen LogP contribution in [0.5, 0.6) is 5.75 Å². The Bertz CT molecular complexity index is 697. The van der Waals surface area contributed by atoms with Crippen LogP contribution >= 0.6 is 11.3 Å². The van der Waals surface area contributed by atoms with Crippen LogP contribution in [0, 0.1) is 36.0 Å². The van der Waals surface area contributed by atoms with Crippen molar-refractivity contribution in [2.75, 3.05) is 0 Å². The summed E-state index contributed by atoms with van der Waals surface area (Å²) in [5.41, 5.74) is 0.994. The van der Waals surface area contributed by atoms with Gasteiger partial charge >= 0.3 is 5.97 Å². The average molecular weight is 336 g/mol. The third-order valence-corrected chi connectivity index (χ3v) is 3.86. The summed E-state index contributed by atoms with van der Waals surface area (Å²) in [4.78, 5) is 12.4. The third kappa shape index (κ3) is 3.27. The Morgan fingerprint density at radius 3 is 2.09 bits per heavy atom. The normalized spacial score (nSPS) is 10.8. The molecule has 0 atom stereocenters. The molecule has 22 heavy (non-hydrogen) atoms. The van der Waals surface area contributed by atoms with E-state index in [4.69, 9.17) is 0 Å². The lowest BCUT2D eigenvalue weighted by molar-refractivity contribution is -0.134. The zero-order valence-electron chi connectivity index (χ0n) is 11.2. The van der Waals surface area contributed by atoms with Gasteiger partial charge in [0, 0.05) is 4.88 Å². The number of rotatable bonds is 4. The van der Waals surface area contributed by atoms with Crippen LogP contribution in [-0.2, 0) is 11.2 Å². The van der Waals surface area contributed by atoms with Crippen molar-refractivity contribution in [3.8, 4) is 5.75 Å². The van der Waals surface area contributed by atoms with Gasteiger partial charge in [-0.05, 0) is 30.4 Å². The summed E-state index contributed by atoms with van der Waals surface area (Å²) in [6.45, 7) is 1.85. The molecule has 0 saturated heterocycles. The summed E-state index contributed by atoms with van der Waals surface area (Å²) >= 11 is 1.39. The molecule has 0 N–H and O–H groups in total. The molecule has 1 aromatic carbocycles. The third-order valence-electron chi connectivity index (χ3n) is 2.75. The maximum Gasteiger partial charge on any atom is 0.311 e. The topological polar surface area (TPSA) is 26.3 Å². The number of hydrogen-bond donors (Lipinski definition) is 0. The summed E-state index contributed by atoms with van der Waals surface area (Å²) in [6.07, 6.45) is -0.00775. The fourth-order valence-electron chi connectivity index (χ4n) is 1.69. The number of thiophene rings is 1. The molecule has 0 aliphatic heterocycles. The number of halogens is 5. The number of ether oxygens (including phenoxy) is 1. The largest absolute Gasteiger partial charge is 0.420 e. The Morgan fingerprint density at radius 2 is 1.59 bits per heavy atom. The first-order chi connectivity index (χ1) is 10.3. The minimum atomic E-state index is -2.30. The fourth-order valence-corrected chi connectivity index (χ4v) is 2.57. The van der Waals surface area contributed by atoms with Crippen molar-refractivity contribution in [3.63, 3.8) is 0 Å². The highest BCUT2D eigenvalue weighted by atomic mass is 32.1. The number of esters is 1. The predicted molar refractivity (Wildman–Crippen MR) is 69.2 cm³/mol. The van der Waals surface area contributed by atoms with Gasteiger partial charge in [0.2, 0.25) is 34.8 Å². The number of carbonyl (C=O) groups excluding carboxylic acids is 1. The van der Waals surface area contributed by atoms with E-state index in [-0.39, 0.29) is 12.8 Å². The Balaban J connectivity index is 2.12. The van der Waals surface area contributed by atoms with E-state index >= 15 is 0 Å². The maximum absolute atomic E-state index is 13.3. The molecule has 0 spiro atoms. The van der Waals surface area contributed by atoms with Crippen LogP contribution in [-0.4, -0.2) is 5.97 Å². The van der Waals surface area contributed by atoms with Gasteiger partial charge in [0.15, 0.2) is 0 Å². The minimum absolute atomic E-state index is 0.243. The molecular weight excluding hydrogens is 327 g/mol. The summed E-state index contributed by atoms with van der Waals surface area (Å²) < 4.78 is 69.7. The first-order valence-corrected chi connectivity index (χ1v) is 6.95. The van der Waals surface area contributed by atoms with Crippen molar-refractivity contribution in [2.24, 2.45) is 0 Å². The van der Waals surface area contributed by atoms with Gasteiger partial charge < -0.3 is 4.74 Å². The van der Waals surface area contributed by atoms with Gasteiger partial charge in [-0.25, -0.2) is 13.2 Å². The summed E-state index contributed by atoms with van der Waals surface area (Å²) in [6, 6.07) is 1.82. The zero-order valence-corrected chi connectivity index (χ0v) is 12.0.